The molecule has 3 aromatic heterocycles. The first-order valence-electron chi connectivity index (χ1n) is 11.7. The van der Waals surface area contributed by atoms with Gasteiger partial charge in [0.05, 0.1) is 10.2 Å². The van der Waals surface area contributed by atoms with Crippen LogP contribution in [0.5, 0.6) is 5.75 Å². The number of nitrogens with zero attached hydrogens (tertiary/aromatic N) is 1. The van der Waals surface area contributed by atoms with Gasteiger partial charge in [-0.15, -0.1) is 11.3 Å². The van der Waals surface area contributed by atoms with Gasteiger partial charge in [0.25, 0.3) is 11.8 Å². The summed E-state index contributed by atoms with van der Waals surface area (Å²) in [5, 5.41) is 2.77. The number of aromatic nitrogens is 1. The summed E-state index contributed by atoms with van der Waals surface area (Å²) in [6.45, 7) is 1.88. The van der Waals surface area contributed by atoms with E-state index >= 15 is 0 Å². The van der Waals surface area contributed by atoms with Crippen molar-refractivity contribution in [1.82, 2.24) is 4.98 Å². The van der Waals surface area contributed by atoms with Gasteiger partial charge in [-0.25, -0.2) is 4.98 Å². The molecule has 0 aliphatic rings. The largest absolute Gasteiger partial charge is 0.484 e. The molecule has 0 aliphatic carbocycles. The molecule has 3 heterocycles. The van der Waals surface area contributed by atoms with Crippen molar-refractivity contribution in [3.63, 3.8) is 0 Å². The van der Waals surface area contributed by atoms with Crippen molar-refractivity contribution in [2.45, 2.75) is 19.7 Å². The number of thiophene rings is 1. The van der Waals surface area contributed by atoms with Crippen molar-refractivity contribution >= 4 is 55.0 Å². The number of hydrogen-bond acceptors (Lipinski definition) is 6. The van der Waals surface area contributed by atoms with Gasteiger partial charge < -0.3 is 20.2 Å². The van der Waals surface area contributed by atoms with E-state index in [1.807, 2.05) is 19.1 Å². The molecule has 5 aromatic rings. The van der Waals surface area contributed by atoms with Gasteiger partial charge in [0, 0.05) is 5.39 Å². The first-order valence-corrected chi connectivity index (χ1v) is 13.3. The fourth-order valence-electron chi connectivity index (χ4n) is 3.96. The van der Waals surface area contributed by atoms with E-state index in [1.165, 1.54) is 6.07 Å². The fraction of sp³-hybridized carbons (Fsp3) is 0.107. The normalized spacial score (nSPS) is 11.5. The van der Waals surface area contributed by atoms with Gasteiger partial charge in [0.2, 0.25) is 0 Å². The second-order valence-corrected chi connectivity index (χ2v) is 10.6. The lowest BCUT2D eigenvalue weighted by molar-refractivity contribution is -0.140. The van der Waals surface area contributed by atoms with Crippen LogP contribution in [-0.2, 0) is 12.8 Å². The molecular formula is C28H19BrF3N3O4S. The van der Waals surface area contributed by atoms with Crippen molar-refractivity contribution in [3.05, 3.63) is 98.9 Å². The Morgan fingerprint density at radius 3 is 2.50 bits per heavy atom. The fourth-order valence-corrected chi connectivity index (χ4v) is 5.37. The Morgan fingerprint density at radius 1 is 1.10 bits per heavy atom. The maximum absolute atomic E-state index is 13.7. The number of fused-ring (bicyclic) bond motifs is 1. The average molecular weight is 630 g/mol. The van der Waals surface area contributed by atoms with Crippen molar-refractivity contribution in [1.29, 1.82) is 0 Å². The number of primary amides is 1. The number of carbonyl (C=O) groups excluding carboxylic acids is 2. The quantitative estimate of drug-likeness (QED) is 0.193. The highest BCUT2D eigenvalue weighted by Crippen LogP contribution is 2.44. The van der Waals surface area contributed by atoms with E-state index in [1.54, 1.807) is 42.5 Å². The number of ether oxygens (including phenoxy) is 1. The summed E-state index contributed by atoms with van der Waals surface area (Å²) < 4.78 is 53.3. The van der Waals surface area contributed by atoms with Crippen LogP contribution in [0.2, 0.25) is 0 Å². The molecule has 0 unspecified atom stereocenters. The van der Waals surface area contributed by atoms with E-state index in [2.05, 4.69) is 26.2 Å². The van der Waals surface area contributed by atoms with Gasteiger partial charge in [-0.1, -0.05) is 42.0 Å². The maximum Gasteiger partial charge on any atom is 0.433 e. The Labute approximate surface area is 237 Å². The van der Waals surface area contributed by atoms with Crippen LogP contribution in [0.1, 0.15) is 37.2 Å². The summed E-state index contributed by atoms with van der Waals surface area (Å²) in [5.41, 5.74) is 5.87. The average Bonchev–Trinajstić information content (AvgIpc) is 3.53. The molecule has 0 fully saturated rings. The standard InChI is InChI=1S/C28H19BrF3N3O4S/c1-14-6-8-15(9-7-14)17-12-21(28(30,31)32)34-27-22(17)23(24(40-27)25(33)36)35-26(37)20-11-10-16(39-20)13-38-19-5-3-2-4-18(19)29/h2-12H,13H2,1H3,(H2,33,36)(H,35,37). The molecule has 12 heteroatoms. The third kappa shape index (κ3) is 5.58. The van der Waals surface area contributed by atoms with Crippen molar-refractivity contribution in [2.75, 3.05) is 5.32 Å². The zero-order valence-electron chi connectivity index (χ0n) is 20.6. The van der Waals surface area contributed by atoms with E-state index in [4.69, 9.17) is 14.9 Å². The first-order chi connectivity index (χ1) is 19.0. The molecular weight excluding hydrogens is 611 g/mol. The van der Waals surface area contributed by atoms with E-state index in [9.17, 15) is 22.8 Å². The number of aryl methyl sites for hydroxylation is 1. The topological polar surface area (TPSA) is 107 Å². The Hall–Kier alpha value is -4.16. The predicted molar refractivity (Wildman–Crippen MR) is 148 cm³/mol. The number of furan rings is 1. The molecule has 2 amide bonds. The van der Waals surface area contributed by atoms with E-state index in [0.29, 0.717) is 28.4 Å². The SMILES string of the molecule is Cc1ccc(-c2cc(C(F)(F)F)nc3sc(C(N)=O)c(NC(=O)c4ccc(COc5ccccc5Br)o4)c23)cc1. The van der Waals surface area contributed by atoms with Crippen molar-refractivity contribution in [2.24, 2.45) is 5.73 Å². The van der Waals surface area contributed by atoms with Gasteiger partial charge in [0.1, 0.15) is 33.5 Å². The maximum atomic E-state index is 13.7. The molecule has 0 aliphatic heterocycles. The molecule has 0 saturated carbocycles. The highest BCUT2D eigenvalue weighted by atomic mass is 79.9. The van der Waals surface area contributed by atoms with Gasteiger partial charge in [0.15, 0.2) is 5.76 Å². The van der Waals surface area contributed by atoms with Crippen LogP contribution in [0.4, 0.5) is 18.9 Å². The predicted octanol–water partition coefficient (Wildman–Crippen LogP) is 7.58. The van der Waals surface area contributed by atoms with Crippen molar-refractivity contribution < 1.29 is 31.9 Å². The summed E-state index contributed by atoms with van der Waals surface area (Å²) in [7, 11) is 0. The second-order valence-electron chi connectivity index (χ2n) is 8.71. The van der Waals surface area contributed by atoms with Crippen LogP contribution in [0.15, 0.2) is 75.6 Å². The van der Waals surface area contributed by atoms with Gasteiger partial charge in [-0.2, -0.15) is 13.2 Å². The number of hydrogen-bond donors (Lipinski definition) is 2. The zero-order valence-corrected chi connectivity index (χ0v) is 23.0. The zero-order chi connectivity index (χ0) is 28.6. The minimum Gasteiger partial charge on any atom is -0.484 e. The van der Waals surface area contributed by atoms with Crippen LogP contribution >= 0.6 is 27.3 Å². The molecule has 5 rings (SSSR count). The van der Waals surface area contributed by atoms with Crippen LogP contribution in [0.3, 0.4) is 0 Å². The Kier molecular flexibility index (Phi) is 7.39. The molecule has 7 nitrogen and oxygen atoms in total. The molecule has 3 N–H and O–H groups in total. The number of amides is 2. The van der Waals surface area contributed by atoms with E-state index in [-0.39, 0.29) is 38.7 Å². The van der Waals surface area contributed by atoms with E-state index < -0.39 is 23.7 Å². The van der Waals surface area contributed by atoms with E-state index in [0.717, 1.165) is 16.1 Å². The van der Waals surface area contributed by atoms with Crippen LogP contribution < -0.4 is 15.8 Å². The number of nitrogens with two attached hydrogens (primary N) is 1. The lowest BCUT2D eigenvalue weighted by atomic mass is 10.00. The molecule has 0 spiro atoms. The number of nitrogens with one attached hydrogen (secondary N) is 1. The third-order valence-electron chi connectivity index (χ3n) is 5.87. The van der Waals surface area contributed by atoms with Crippen LogP contribution in [0, 0.1) is 6.92 Å². The lowest BCUT2D eigenvalue weighted by Crippen LogP contribution is -2.16. The smallest absolute Gasteiger partial charge is 0.433 e. The van der Waals surface area contributed by atoms with Crippen LogP contribution in [0.25, 0.3) is 21.3 Å². The highest BCUT2D eigenvalue weighted by molar-refractivity contribution is 9.10. The number of pyridine rings is 1. The molecule has 0 saturated heterocycles. The number of para-hydroxylation sites is 1. The van der Waals surface area contributed by atoms with Crippen LogP contribution in [-0.4, -0.2) is 16.8 Å². The number of alkyl halides is 3. The monoisotopic (exact) mass is 629 g/mol. The minimum absolute atomic E-state index is 0.0333. The summed E-state index contributed by atoms with van der Waals surface area (Å²) >= 11 is 4.06. The summed E-state index contributed by atoms with van der Waals surface area (Å²) in [6.07, 6.45) is -4.74. The highest BCUT2D eigenvalue weighted by Gasteiger charge is 2.35. The molecule has 40 heavy (non-hydrogen) atoms. The number of rotatable bonds is 7. The third-order valence-corrected chi connectivity index (χ3v) is 7.62. The van der Waals surface area contributed by atoms with Gasteiger partial charge >= 0.3 is 6.18 Å². The minimum atomic E-state index is -4.74. The second kappa shape index (κ2) is 10.8. The van der Waals surface area contributed by atoms with Gasteiger partial charge in [-0.05, 0) is 64.3 Å². The number of halogens is 4. The molecule has 0 bridgehead atoms. The Bertz CT molecular complexity index is 1750. The molecule has 0 radical (unpaired) electrons. The van der Waals surface area contributed by atoms with Gasteiger partial charge in [-0.3, -0.25) is 9.59 Å². The number of benzene rings is 2. The molecule has 0 atom stereocenters. The summed E-state index contributed by atoms with van der Waals surface area (Å²) in [6, 6.07) is 17.9. The van der Waals surface area contributed by atoms with Crippen molar-refractivity contribution in [3.8, 4) is 16.9 Å². The Balaban J connectivity index is 1.53. The summed E-state index contributed by atoms with van der Waals surface area (Å²) in [4.78, 5) is 29.0. The first kappa shape index (κ1) is 27.4. The Morgan fingerprint density at radius 2 is 1.82 bits per heavy atom. The lowest BCUT2D eigenvalue weighted by Gasteiger charge is -2.12. The molecule has 204 valence electrons. The molecule has 2 aromatic carbocycles. The summed E-state index contributed by atoms with van der Waals surface area (Å²) in [5.74, 6) is -0.830. The number of carbonyl (C=O) groups is 2. The number of anilines is 1.